The summed E-state index contributed by atoms with van der Waals surface area (Å²) in [5.41, 5.74) is 2.11. The van der Waals surface area contributed by atoms with Crippen LogP contribution in [-0.4, -0.2) is 32.0 Å². The minimum atomic E-state index is -0.113. The average molecular weight is 289 g/mol. The van der Waals surface area contributed by atoms with Gasteiger partial charge in [-0.1, -0.05) is 6.92 Å². The van der Waals surface area contributed by atoms with Crippen molar-refractivity contribution in [3.8, 4) is 0 Å². The largest absolute Gasteiger partial charge is 0.354 e. The zero-order valence-corrected chi connectivity index (χ0v) is 13.1. The molecule has 1 N–H and O–H groups in total. The molecule has 0 aliphatic rings. The van der Waals surface area contributed by atoms with Crippen LogP contribution in [0.5, 0.6) is 0 Å². The predicted octanol–water partition coefficient (Wildman–Crippen LogP) is 1.71. The van der Waals surface area contributed by atoms with E-state index in [0.717, 1.165) is 11.4 Å². The Morgan fingerprint density at radius 2 is 2.14 bits per heavy atom. The lowest BCUT2D eigenvalue weighted by molar-refractivity contribution is -0.125. The first-order chi connectivity index (χ1) is 9.97. The topological polar surface area (TPSA) is 64.7 Å². The van der Waals surface area contributed by atoms with Crippen molar-refractivity contribution >= 4 is 5.91 Å². The van der Waals surface area contributed by atoms with E-state index in [9.17, 15) is 4.79 Å². The second kappa shape index (κ2) is 6.56. The SMILES string of the molecule is Cc1cc(C)n(C(C)CNC(=O)C(C)Cn2cccn2)n1. The summed E-state index contributed by atoms with van der Waals surface area (Å²) in [6.45, 7) is 9.12. The molecule has 0 radical (unpaired) electrons. The van der Waals surface area contributed by atoms with Gasteiger partial charge in [0.1, 0.15) is 0 Å². The van der Waals surface area contributed by atoms with Gasteiger partial charge in [0.2, 0.25) is 5.91 Å². The van der Waals surface area contributed by atoms with Gasteiger partial charge in [-0.2, -0.15) is 10.2 Å². The van der Waals surface area contributed by atoms with Crippen LogP contribution in [0.1, 0.15) is 31.3 Å². The Bertz CT molecular complexity index is 587. The van der Waals surface area contributed by atoms with Crippen LogP contribution < -0.4 is 5.32 Å². The molecule has 0 aromatic carbocycles. The molecular formula is C15H23N5O. The lowest BCUT2D eigenvalue weighted by Gasteiger charge is -2.17. The third kappa shape index (κ3) is 3.93. The molecule has 0 fully saturated rings. The van der Waals surface area contributed by atoms with Crippen LogP contribution in [0.25, 0.3) is 0 Å². The number of carbonyl (C=O) groups is 1. The molecule has 0 spiro atoms. The molecule has 0 aliphatic heterocycles. The highest BCUT2D eigenvalue weighted by Crippen LogP contribution is 2.10. The van der Waals surface area contributed by atoms with E-state index in [1.807, 2.05) is 43.8 Å². The van der Waals surface area contributed by atoms with Gasteiger partial charge in [-0.25, -0.2) is 0 Å². The lowest BCUT2D eigenvalue weighted by atomic mass is 10.1. The van der Waals surface area contributed by atoms with Crippen molar-refractivity contribution in [1.82, 2.24) is 24.9 Å². The molecule has 2 aromatic rings. The van der Waals surface area contributed by atoms with Crippen LogP contribution in [0, 0.1) is 19.8 Å². The molecule has 0 saturated carbocycles. The first kappa shape index (κ1) is 15.3. The molecule has 2 heterocycles. The van der Waals surface area contributed by atoms with Crippen molar-refractivity contribution in [3.63, 3.8) is 0 Å². The highest BCUT2D eigenvalue weighted by Gasteiger charge is 2.16. The van der Waals surface area contributed by atoms with Gasteiger partial charge in [-0.15, -0.1) is 0 Å². The maximum atomic E-state index is 12.1. The number of nitrogens with one attached hydrogen (secondary N) is 1. The van der Waals surface area contributed by atoms with Crippen LogP contribution in [0.4, 0.5) is 0 Å². The number of hydrogen-bond donors (Lipinski definition) is 1. The maximum absolute atomic E-state index is 12.1. The Morgan fingerprint density at radius 3 is 2.71 bits per heavy atom. The average Bonchev–Trinajstić information content (AvgIpc) is 3.05. The third-order valence-electron chi connectivity index (χ3n) is 3.50. The molecule has 6 nitrogen and oxygen atoms in total. The summed E-state index contributed by atoms with van der Waals surface area (Å²) < 4.78 is 3.72. The minimum absolute atomic E-state index is 0.0406. The lowest BCUT2D eigenvalue weighted by Crippen LogP contribution is -2.35. The number of amides is 1. The van der Waals surface area contributed by atoms with E-state index in [1.54, 1.807) is 10.9 Å². The van der Waals surface area contributed by atoms with Gasteiger partial charge in [0.05, 0.1) is 24.2 Å². The number of carbonyl (C=O) groups excluding carboxylic acids is 1. The normalized spacial score (nSPS) is 13.9. The Kier molecular flexibility index (Phi) is 4.77. The van der Waals surface area contributed by atoms with Gasteiger partial charge in [-0.05, 0) is 32.9 Å². The monoisotopic (exact) mass is 289 g/mol. The molecule has 2 unspecified atom stereocenters. The number of hydrogen-bond acceptors (Lipinski definition) is 3. The molecular weight excluding hydrogens is 266 g/mol. The summed E-state index contributed by atoms with van der Waals surface area (Å²) in [5.74, 6) is -0.0727. The number of aryl methyl sites for hydroxylation is 2. The fourth-order valence-corrected chi connectivity index (χ4v) is 2.37. The Balaban J connectivity index is 1.84. The summed E-state index contributed by atoms with van der Waals surface area (Å²) >= 11 is 0. The summed E-state index contributed by atoms with van der Waals surface area (Å²) in [4.78, 5) is 12.1. The standard InChI is InChI=1S/C15H23N5O/c1-11(10-19-7-5-6-17-19)15(21)16-9-14(4)20-13(3)8-12(2)18-20/h5-8,11,14H,9-10H2,1-4H3,(H,16,21). The van der Waals surface area contributed by atoms with E-state index in [1.165, 1.54) is 0 Å². The predicted molar refractivity (Wildman–Crippen MR) is 80.8 cm³/mol. The Labute approximate surface area is 125 Å². The van der Waals surface area contributed by atoms with E-state index in [4.69, 9.17) is 0 Å². The first-order valence-electron chi connectivity index (χ1n) is 7.25. The van der Waals surface area contributed by atoms with E-state index < -0.39 is 0 Å². The van der Waals surface area contributed by atoms with Gasteiger partial charge >= 0.3 is 0 Å². The number of aromatic nitrogens is 4. The van der Waals surface area contributed by atoms with E-state index >= 15 is 0 Å². The second-order valence-corrected chi connectivity index (χ2v) is 5.59. The van der Waals surface area contributed by atoms with Crippen molar-refractivity contribution < 1.29 is 4.79 Å². The zero-order chi connectivity index (χ0) is 15.4. The number of nitrogens with zero attached hydrogens (tertiary/aromatic N) is 4. The van der Waals surface area contributed by atoms with Crippen molar-refractivity contribution in [1.29, 1.82) is 0 Å². The maximum Gasteiger partial charge on any atom is 0.224 e. The third-order valence-corrected chi connectivity index (χ3v) is 3.50. The van der Waals surface area contributed by atoms with Gasteiger partial charge in [0, 0.05) is 24.6 Å². The molecule has 0 bridgehead atoms. The summed E-state index contributed by atoms with van der Waals surface area (Å²) in [6.07, 6.45) is 3.58. The molecule has 2 atom stereocenters. The van der Waals surface area contributed by atoms with E-state index in [-0.39, 0.29) is 17.9 Å². The molecule has 21 heavy (non-hydrogen) atoms. The zero-order valence-electron chi connectivity index (χ0n) is 13.1. The van der Waals surface area contributed by atoms with E-state index in [0.29, 0.717) is 13.1 Å². The molecule has 6 heteroatoms. The molecule has 0 aliphatic carbocycles. The van der Waals surface area contributed by atoms with Crippen molar-refractivity contribution in [2.45, 2.75) is 40.3 Å². The molecule has 114 valence electrons. The quantitative estimate of drug-likeness (QED) is 0.880. The van der Waals surface area contributed by atoms with Crippen LogP contribution in [0.2, 0.25) is 0 Å². The van der Waals surface area contributed by atoms with Crippen LogP contribution in [-0.2, 0) is 11.3 Å². The highest BCUT2D eigenvalue weighted by molar-refractivity contribution is 5.78. The van der Waals surface area contributed by atoms with Gasteiger partial charge < -0.3 is 5.32 Å². The van der Waals surface area contributed by atoms with Crippen LogP contribution in [0.3, 0.4) is 0 Å². The van der Waals surface area contributed by atoms with Gasteiger partial charge in [0.25, 0.3) is 0 Å². The summed E-state index contributed by atoms with van der Waals surface area (Å²) in [7, 11) is 0. The molecule has 2 rings (SSSR count). The highest BCUT2D eigenvalue weighted by atomic mass is 16.1. The summed E-state index contributed by atoms with van der Waals surface area (Å²) in [5, 5.41) is 11.6. The second-order valence-electron chi connectivity index (χ2n) is 5.59. The Hall–Kier alpha value is -2.11. The van der Waals surface area contributed by atoms with Gasteiger partial charge in [-0.3, -0.25) is 14.2 Å². The smallest absolute Gasteiger partial charge is 0.224 e. The minimum Gasteiger partial charge on any atom is -0.354 e. The van der Waals surface area contributed by atoms with Crippen molar-refractivity contribution in [2.24, 2.45) is 5.92 Å². The Morgan fingerprint density at radius 1 is 1.38 bits per heavy atom. The molecule has 0 saturated heterocycles. The fraction of sp³-hybridized carbons (Fsp3) is 0.533. The van der Waals surface area contributed by atoms with Crippen LogP contribution in [0.15, 0.2) is 24.5 Å². The molecule has 1 amide bonds. The summed E-state index contributed by atoms with van der Waals surface area (Å²) in [6, 6.07) is 4.04. The van der Waals surface area contributed by atoms with Crippen molar-refractivity contribution in [2.75, 3.05) is 6.54 Å². The first-order valence-corrected chi connectivity index (χ1v) is 7.25. The van der Waals surface area contributed by atoms with Crippen molar-refractivity contribution in [3.05, 3.63) is 35.9 Å². The molecule has 2 aromatic heterocycles. The van der Waals surface area contributed by atoms with Crippen LogP contribution >= 0.6 is 0 Å². The number of rotatable bonds is 6. The van der Waals surface area contributed by atoms with Gasteiger partial charge in [0.15, 0.2) is 0 Å². The fourth-order valence-electron chi connectivity index (χ4n) is 2.37. The van der Waals surface area contributed by atoms with E-state index in [2.05, 4.69) is 22.4 Å².